The molecule has 1 aliphatic rings. The summed E-state index contributed by atoms with van der Waals surface area (Å²) in [6, 6.07) is 17.2. The zero-order valence-electron chi connectivity index (χ0n) is 22.1. The van der Waals surface area contributed by atoms with Gasteiger partial charge < -0.3 is 20.9 Å². The predicted molar refractivity (Wildman–Crippen MR) is 162 cm³/mol. The number of anilines is 2. The van der Waals surface area contributed by atoms with Crippen molar-refractivity contribution in [3.05, 3.63) is 92.4 Å². The van der Waals surface area contributed by atoms with E-state index in [1.807, 2.05) is 12.1 Å². The summed E-state index contributed by atoms with van der Waals surface area (Å²) < 4.78 is 0. The highest BCUT2D eigenvalue weighted by atomic mass is 35.5. The molecule has 0 bridgehead atoms. The lowest BCUT2D eigenvalue weighted by Gasteiger charge is -2.26. The topological polar surface area (TPSA) is 90.5 Å². The number of benzene rings is 3. The summed E-state index contributed by atoms with van der Waals surface area (Å²) in [5.74, 6) is -0.621. The van der Waals surface area contributed by atoms with E-state index in [4.69, 9.17) is 34.8 Å². The summed E-state index contributed by atoms with van der Waals surface area (Å²) in [5.41, 5.74) is 3.00. The van der Waals surface area contributed by atoms with Crippen molar-refractivity contribution in [2.75, 3.05) is 36.9 Å². The van der Waals surface area contributed by atoms with Gasteiger partial charge in [-0.2, -0.15) is 0 Å². The van der Waals surface area contributed by atoms with Gasteiger partial charge in [0.1, 0.15) is 0 Å². The van der Waals surface area contributed by atoms with Gasteiger partial charge in [0.05, 0.1) is 11.4 Å². The van der Waals surface area contributed by atoms with Gasteiger partial charge in [-0.25, -0.2) is 0 Å². The highest BCUT2D eigenvalue weighted by Crippen LogP contribution is 2.31. The molecule has 3 amide bonds. The number of nitrogens with zero attached hydrogens (tertiary/aromatic N) is 1. The maximum Gasteiger partial charge on any atom is 0.255 e. The Bertz CT molecular complexity index is 1400. The summed E-state index contributed by atoms with van der Waals surface area (Å²) in [6.07, 6.45) is 2.85. The Balaban J connectivity index is 1.54. The van der Waals surface area contributed by atoms with E-state index in [0.29, 0.717) is 57.8 Å². The molecule has 1 heterocycles. The molecule has 0 radical (unpaired) electrons. The van der Waals surface area contributed by atoms with Gasteiger partial charge >= 0.3 is 0 Å². The number of halogens is 3. The standard InChI is InChI=1S/C30H31Cl3N4O3/c1-34-28(38)20-5-3-14-37(15-12-20)27-10-8-22(17-26(27)36-30(40)21-4-2-6-23(31)16-21)29(39)35-13-11-19-7-9-24(32)18-25(19)33/h2,4,6-10,16-18,20H,3,5,11-15H2,1H3,(H,34,38)(H,35,39)(H,36,40). The molecule has 1 unspecified atom stereocenters. The van der Waals surface area contributed by atoms with Crippen LogP contribution in [0.3, 0.4) is 0 Å². The Morgan fingerprint density at radius 3 is 2.40 bits per heavy atom. The lowest BCUT2D eigenvalue weighted by molar-refractivity contribution is -0.124. The number of rotatable bonds is 8. The molecular weight excluding hydrogens is 571 g/mol. The van der Waals surface area contributed by atoms with E-state index in [1.165, 1.54) is 0 Å². The van der Waals surface area contributed by atoms with E-state index < -0.39 is 0 Å². The molecule has 1 saturated heterocycles. The second kappa shape index (κ2) is 13.9. The van der Waals surface area contributed by atoms with Crippen LogP contribution in [0, 0.1) is 5.92 Å². The molecule has 3 aromatic carbocycles. The first kappa shape index (κ1) is 29.7. The molecule has 0 saturated carbocycles. The fourth-order valence-electron chi connectivity index (χ4n) is 4.82. The van der Waals surface area contributed by atoms with E-state index in [-0.39, 0.29) is 23.6 Å². The number of nitrogens with one attached hydrogen (secondary N) is 3. The molecule has 0 aliphatic carbocycles. The highest BCUT2D eigenvalue weighted by molar-refractivity contribution is 6.35. The zero-order chi connectivity index (χ0) is 28.6. The lowest BCUT2D eigenvalue weighted by Crippen LogP contribution is -2.30. The van der Waals surface area contributed by atoms with E-state index in [0.717, 1.165) is 30.6 Å². The van der Waals surface area contributed by atoms with Gasteiger partial charge in [-0.3, -0.25) is 14.4 Å². The fourth-order valence-corrected chi connectivity index (χ4v) is 5.51. The SMILES string of the molecule is CNC(=O)C1CCCN(c2ccc(C(=O)NCCc3ccc(Cl)cc3Cl)cc2NC(=O)c2cccc(Cl)c2)CC1. The Kier molecular flexibility index (Phi) is 10.3. The molecular formula is C30H31Cl3N4O3. The average Bonchev–Trinajstić information content (AvgIpc) is 3.20. The molecule has 7 nitrogen and oxygen atoms in total. The summed E-state index contributed by atoms with van der Waals surface area (Å²) in [6.45, 7) is 1.74. The van der Waals surface area contributed by atoms with Crippen molar-refractivity contribution in [3.63, 3.8) is 0 Å². The van der Waals surface area contributed by atoms with Gasteiger partial charge in [0, 0.05) is 58.8 Å². The van der Waals surface area contributed by atoms with Gasteiger partial charge in [-0.15, -0.1) is 0 Å². The largest absolute Gasteiger partial charge is 0.370 e. The number of carbonyl (C=O) groups excluding carboxylic acids is 3. The molecule has 40 heavy (non-hydrogen) atoms. The first-order valence-corrected chi connectivity index (χ1v) is 14.3. The van der Waals surface area contributed by atoms with Crippen molar-refractivity contribution in [2.45, 2.75) is 25.7 Å². The van der Waals surface area contributed by atoms with E-state index >= 15 is 0 Å². The van der Waals surface area contributed by atoms with Crippen LogP contribution in [-0.2, 0) is 11.2 Å². The van der Waals surface area contributed by atoms with Gasteiger partial charge in [-0.05, 0) is 79.8 Å². The van der Waals surface area contributed by atoms with Crippen molar-refractivity contribution in [1.82, 2.24) is 10.6 Å². The van der Waals surface area contributed by atoms with Crippen LogP contribution < -0.4 is 20.9 Å². The van der Waals surface area contributed by atoms with Crippen molar-refractivity contribution in [1.29, 1.82) is 0 Å². The molecule has 3 aromatic rings. The molecule has 0 spiro atoms. The van der Waals surface area contributed by atoms with Crippen LogP contribution in [0.1, 0.15) is 45.5 Å². The Hall–Kier alpha value is -3.26. The minimum absolute atomic E-state index is 0.0447. The smallest absolute Gasteiger partial charge is 0.255 e. The van der Waals surface area contributed by atoms with Gasteiger partial charge in [0.25, 0.3) is 11.8 Å². The second-order valence-electron chi connectivity index (χ2n) is 9.67. The van der Waals surface area contributed by atoms with Gasteiger partial charge in [-0.1, -0.05) is 46.9 Å². The first-order chi connectivity index (χ1) is 19.2. The highest BCUT2D eigenvalue weighted by Gasteiger charge is 2.24. The number of carbonyl (C=O) groups is 3. The van der Waals surface area contributed by atoms with E-state index in [2.05, 4.69) is 20.9 Å². The van der Waals surface area contributed by atoms with Crippen LogP contribution in [0.25, 0.3) is 0 Å². The summed E-state index contributed by atoms with van der Waals surface area (Å²) in [5, 5.41) is 10.2. The van der Waals surface area contributed by atoms with Crippen LogP contribution in [0.15, 0.2) is 60.7 Å². The number of hydrogen-bond donors (Lipinski definition) is 3. The van der Waals surface area contributed by atoms with E-state index in [9.17, 15) is 14.4 Å². The Morgan fingerprint density at radius 1 is 0.875 bits per heavy atom. The van der Waals surface area contributed by atoms with Crippen molar-refractivity contribution >= 4 is 63.9 Å². The zero-order valence-corrected chi connectivity index (χ0v) is 24.4. The molecule has 1 atom stereocenters. The molecule has 0 aromatic heterocycles. The normalized spacial score (nSPS) is 15.2. The summed E-state index contributed by atoms with van der Waals surface area (Å²) in [7, 11) is 1.66. The second-order valence-corrected chi connectivity index (χ2v) is 10.9. The van der Waals surface area contributed by atoms with Crippen molar-refractivity contribution < 1.29 is 14.4 Å². The maximum absolute atomic E-state index is 13.2. The van der Waals surface area contributed by atoms with Crippen LogP contribution in [-0.4, -0.2) is 44.4 Å². The van der Waals surface area contributed by atoms with Crippen LogP contribution in [0.2, 0.25) is 15.1 Å². The third-order valence-corrected chi connectivity index (χ3v) is 7.80. The predicted octanol–water partition coefficient (Wildman–Crippen LogP) is 6.22. The average molecular weight is 602 g/mol. The molecule has 1 aliphatic heterocycles. The van der Waals surface area contributed by atoms with Crippen LogP contribution >= 0.6 is 34.8 Å². The molecule has 1 fully saturated rings. The molecule has 3 N–H and O–H groups in total. The lowest BCUT2D eigenvalue weighted by atomic mass is 10.00. The van der Waals surface area contributed by atoms with Crippen LogP contribution in [0.4, 0.5) is 11.4 Å². The summed E-state index contributed by atoms with van der Waals surface area (Å²) >= 11 is 18.3. The van der Waals surface area contributed by atoms with Gasteiger partial charge in [0.15, 0.2) is 0 Å². The van der Waals surface area contributed by atoms with Crippen molar-refractivity contribution in [2.24, 2.45) is 5.92 Å². The maximum atomic E-state index is 13.2. The monoisotopic (exact) mass is 600 g/mol. The van der Waals surface area contributed by atoms with Crippen molar-refractivity contribution in [3.8, 4) is 0 Å². The Labute approximate surface area is 249 Å². The molecule has 210 valence electrons. The quantitative estimate of drug-likeness (QED) is 0.286. The molecule has 4 rings (SSSR count). The number of hydrogen-bond acceptors (Lipinski definition) is 4. The Morgan fingerprint density at radius 2 is 1.65 bits per heavy atom. The minimum atomic E-state index is -0.336. The van der Waals surface area contributed by atoms with E-state index in [1.54, 1.807) is 55.6 Å². The summed E-state index contributed by atoms with van der Waals surface area (Å²) in [4.78, 5) is 40.6. The minimum Gasteiger partial charge on any atom is -0.370 e. The fraction of sp³-hybridized carbons (Fsp3) is 0.300. The molecule has 10 heteroatoms. The first-order valence-electron chi connectivity index (χ1n) is 13.1. The van der Waals surface area contributed by atoms with Crippen LogP contribution in [0.5, 0.6) is 0 Å². The van der Waals surface area contributed by atoms with Gasteiger partial charge in [0.2, 0.25) is 5.91 Å². The number of amides is 3. The third-order valence-electron chi connectivity index (χ3n) is 6.97. The third kappa shape index (κ3) is 7.68.